The average molecular weight is 462 g/mol. The molecule has 176 valence electrons. The van der Waals surface area contributed by atoms with Gasteiger partial charge in [-0.3, -0.25) is 4.79 Å². The summed E-state index contributed by atoms with van der Waals surface area (Å²) in [5.41, 5.74) is 2.58. The fourth-order valence-electron chi connectivity index (χ4n) is 4.96. The van der Waals surface area contributed by atoms with Crippen molar-refractivity contribution in [2.24, 2.45) is 5.92 Å². The molecule has 34 heavy (non-hydrogen) atoms. The summed E-state index contributed by atoms with van der Waals surface area (Å²) in [5.74, 6) is 0.788. The van der Waals surface area contributed by atoms with Gasteiger partial charge in [0.1, 0.15) is 23.9 Å². The van der Waals surface area contributed by atoms with Gasteiger partial charge in [0.2, 0.25) is 11.8 Å². The standard InChI is InChI=1S/C25H27N5O4/c1-14(31)28-21-8-7-16-5-3-15(11-19(16)29-21)4-6-17-12-20(23(33)22(17)32)30-10-9-18-24(30)26-13-27-25(18)34-2/h3,5,7-11,13,17,20,22-23,32-33H,4,6,12H2,1-2H3,(H,28,29,31)/t17-,20+,22+,23-/m0/s1. The Balaban J connectivity index is 1.32. The van der Waals surface area contributed by atoms with Gasteiger partial charge in [-0.1, -0.05) is 12.1 Å². The van der Waals surface area contributed by atoms with Crippen LogP contribution >= 0.6 is 0 Å². The number of carbonyl (C=O) groups excluding carboxylic acids is 1. The summed E-state index contributed by atoms with van der Waals surface area (Å²) in [4.78, 5) is 24.4. The van der Waals surface area contributed by atoms with E-state index >= 15 is 0 Å². The second kappa shape index (κ2) is 9.00. The molecule has 0 radical (unpaired) electrons. The second-order valence-electron chi connectivity index (χ2n) is 8.83. The molecule has 1 saturated carbocycles. The molecule has 9 nitrogen and oxygen atoms in total. The maximum atomic E-state index is 11.3. The van der Waals surface area contributed by atoms with E-state index in [4.69, 9.17) is 4.74 Å². The molecule has 5 rings (SSSR count). The zero-order valence-corrected chi connectivity index (χ0v) is 19.0. The predicted octanol–water partition coefficient (Wildman–Crippen LogP) is 2.86. The topological polar surface area (TPSA) is 122 Å². The highest BCUT2D eigenvalue weighted by Gasteiger charge is 2.42. The first-order valence-electron chi connectivity index (χ1n) is 11.3. The van der Waals surface area contributed by atoms with E-state index in [0.29, 0.717) is 23.8 Å². The van der Waals surface area contributed by atoms with Crippen LogP contribution in [0.5, 0.6) is 5.88 Å². The van der Waals surface area contributed by atoms with Crippen LogP contribution in [0.1, 0.15) is 31.4 Å². The summed E-state index contributed by atoms with van der Waals surface area (Å²) in [5, 5.41) is 26.1. The maximum absolute atomic E-state index is 11.3. The number of aryl methyl sites for hydroxylation is 1. The number of nitrogens with zero attached hydrogens (tertiary/aromatic N) is 4. The van der Waals surface area contributed by atoms with Gasteiger partial charge in [0, 0.05) is 18.5 Å². The number of aliphatic hydroxyl groups is 2. The van der Waals surface area contributed by atoms with E-state index in [0.717, 1.165) is 34.7 Å². The van der Waals surface area contributed by atoms with Gasteiger partial charge in [-0.25, -0.2) is 15.0 Å². The highest BCUT2D eigenvalue weighted by molar-refractivity contribution is 5.90. The second-order valence-corrected chi connectivity index (χ2v) is 8.83. The number of ether oxygens (including phenoxy) is 1. The van der Waals surface area contributed by atoms with Crippen molar-refractivity contribution in [2.75, 3.05) is 12.4 Å². The number of fused-ring (bicyclic) bond motifs is 2. The third-order valence-corrected chi connectivity index (χ3v) is 6.66. The van der Waals surface area contributed by atoms with Gasteiger partial charge >= 0.3 is 0 Å². The number of aromatic nitrogens is 4. The molecule has 0 aliphatic heterocycles. The van der Waals surface area contributed by atoms with Gasteiger partial charge in [0.05, 0.1) is 30.2 Å². The quantitative estimate of drug-likeness (QED) is 0.404. The minimum absolute atomic E-state index is 0.0597. The lowest BCUT2D eigenvalue weighted by atomic mass is 9.95. The molecule has 3 heterocycles. The number of nitrogens with one attached hydrogen (secondary N) is 1. The summed E-state index contributed by atoms with van der Waals surface area (Å²) in [6, 6.07) is 11.4. The highest BCUT2D eigenvalue weighted by Crippen LogP contribution is 2.40. The Hall–Kier alpha value is -3.56. The Morgan fingerprint density at radius 1 is 1.18 bits per heavy atom. The lowest BCUT2D eigenvalue weighted by molar-refractivity contribution is -0.114. The van der Waals surface area contributed by atoms with Crippen LogP contribution in [0.4, 0.5) is 5.82 Å². The van der Waals surface area contributed by atoms with Gasteiger partial charge in [0.15, 0.2) is 0 Å². The van der Waals surface area contributed by atoms with Crippen molar-refractivity contribution in [1.29, 1.82) is 0 Å². The number of hydrogen-bond acceptors (Lipinski definition) is 7. The summed E-state index contributed by atoms with van der Waals surface area (Å²) < 4.78 is 7.23. The van der Waals surface area contributed by atoms with Crippen molar-refractivity contribution < 1.29 is 19.7 Å². The van der Waals surface area contributed by atoms with Gasteiger partial charge in [-0.15, -0.1) is 0 Å². The first-order chi connectivity index (χ1) is 16.4. The van der Waals surface area contributed by atoms with Crippen LogP contribution < -0.4 is 10.1 Å². The Kier molecular flexibility index (Phi) is 5.89. The molecule has 3 N–H and O–H groups in total. The van der Waals surface area contributed by atoms with Crippen LogP contribution in [-0.4, -0.2) is 55.0 Å². The molecule has 1 fully saturated rings. The van der Waals surface area contributed by atoms with Crippen LogP contribution in [0.3, 0.4) is 0 Å². The molecule has 4 atom stereocenters. The van der Waals surface area contributed by atoms with E-state index in [1.54, 1.807) is 13.2 Å². The Morgan fingerprint density at radius 2 is 2.00 bits per heavy atom. The van der Waals surface area contributed by atoms with Crippen molar-refractivity contribution >= 4 is 33.7 Å². The van der Waals surface area contributed by atoms with Gasteiger partial charge in [-0.05, 0) is 55.0 Å². The van der Waals surface area contributed by atoms with E-state index in [2.05, 4.69) is 26.3 Å². The molecule has 3 aromatic heterocycles. The molecule has 0 bridgehead atoms. The first kappa shape index (κ1) is 22.2. The van der Waals surface area contributed by atoms with Gasteiger partial charge in [0.25, 0.3) is 0 Å². The van der Waals surface area contributed by atoms with Gasteiger partial charge in [-0.2, -0.15) is 0 Å². The first-order valence-corrected chi connectivity index (χ1v) is 11.3. The average Bonchev–Trinajstić information content (AvgIpc) is 3.38. The number of amides is 1. The van der Waals surface area contributed by atoms with Crippen LogP contribution in [0.15, 0.2) is 48.9 Å². The summed E-state index contributed by atoms with van der Waals surface area (Å²) in [7, 11) is 1.56. The maximum Gasteiger partial charge on any atom is 0.225 e. The van der Waals surface area contributed by atoms with E-state index in [-0.39, 0.29) is 17.9 Å². The van der Waals surface area contributed by atoms with Gasteiger partial charge < -0.3 is 24.8 Å². The fourth-order valence-corrected chi connectivity index (χ4v) is 4.96. The van der Waals surface area contributed by atoms with Crippen LogP contribution in [0.25, 0.3) is 21.9 Å². The van der Waals surface area contributed by atoms with Crippen molar-refractivity contribution in [1.82, 2.24) is 19.5 Å². The number of hydrogen-bond donors (Lipinski definition) is 3. The summed E-state index contributed by atoms with van der Waals surface area (Å²) in [6.45, 7) is 1.46. The molecule has 0 saturated heterocycles. The normalized spacial score (nSPS) is 22.4. The molecular weight excluding hydrogens is 434 g/mol. The van der Waals surface area contributed by atoms with E-state index in [1.807, 2.05) is 35.0 Å². The highest BCUT2D eigenvalue weighted by atomic mass is 16.5. The molecule has 1 amide bonds. The van der Waals surface area contributed by atoms with E-state index in [1.165, 1.54) is 13.3 Å². The SMILES string of the molecule is COc1ncnc2c1ccn2[C@@H]1C[C@H](CCc2ccc3ccc(NC(C)=O)nc3c2)[C@@H](O)[C@H]1O. The molecule has 4 aromatic rings. The molecule has 0 unspecified atom stereocenters. The Bertz CT molecular complexity index is 1350. The number of benzene rings is 1. The van der Waals surface area contributed by atoms with Crippen molar-refractivity contribution in [3.63, 3.8) is 0 Å². The van der Waals surface area contributed by atoms with Crippen LogP contribution in [0.2, 0.25) is 0 Å². The number of rotatable bonds is 6. The molecular formula is C25H27N5O4. The zero-order valence-electron chi connectivity index (χ0n) is 19.0. The molecule has 9 heteroatoms. The van der Waals surface area contributed by atoms with E-state index in [9.17, 15) is 15.0 Å². The minimum atomic E-state index is -0.889. The lowest BCUT2D eigenvalue weighted by Crippen LogP contribution is -2.29. The number of pyridine rings is 1. The van der Waals surface area contributed by atoms with Crippen molar-refractivity contribution in [3.8, 4) is 5.88 Å². The summed E-state index contributed by atoms with van der Waals surface area (Å²) >= 11 is 0. The zero-order chi connectivity index (χ0) is 23.8. The molecule has 1 aliphatic carbocycles. The molecule has 0 spiro atoms. The number of anilines is 1. The van der Waals surface area contributed by atoms with Crippen molar-refractivity contribution in [2.45, 2.75) is 44.4 Å². The minimum Gasteiger partial charge on any atom is -0.480 e. The Labute approximate surface area is 196 Å². The summed E-state index contributed by atoms with van der Waals surface area (Å²) in [6.07, 6.45) is 3.70. The Morgan fingerprint density at radius 3 is 2.79 bits per heavy atom. The van der Waals surface area contributed by atoms with E-state index < -0.39 is 12.2 Å². The fraction of sp³-hybridized carbons (Fsp3) is 0.360. The number of aliphatic hydroxyl groups excluding tert-OH is 2. The largest absolute Gasteiger partial charge is 0.480 e. The third-order valence-electron chi connectivity index (χ3n) is 6.66. The lowest BCUT2D eigenvalue weighted by Gasteiger charge is -2.19. The number of methoxy groups -OCH3 is 1. The van der Waals surface area contributed by atoms with Crippen LogP contribution in [-0.2, 0) is 11.2 Å². The smallest absolute Gasteiger partial charge is 0.225 e. The molecule has 1 aromatic carbocycles. The monoisotopic (exact) mass is 461 g/mol. The third kappa shape index (κ3) is 4.08. The predicted molar refractivity (Wildman–Crippen MR) is 128 cm³/mol. The molecule has 1 aliphatic rings. The van der Waals surface area contributed by atoms with Crippen molar-refractivity contribution in [3.05, 3.63) is 54.5 Å². The number of carbonyl (C=O) groups is 1. The van der Waals surface area contributed by atoms with Crippen LogP contribution in [0, 0.1) is 5.92 Å².